The van der Waals surface area contributed by atoms with Crippen LogP contribution in [-0.2, 0) is 14.1 Å². The molecule has 0 fully saturated rings. The van der Waals surface area contributed by atoms with Crippen molar-refractivity contribution < 1.29 is 18.6 Å². The number of fused-ring (bicyclic) bond motifs is 3. The fourth-order valence-electron chi connectivity index (χ4n) is 11.3. The number of rotatable bonds is 18. The molecular formula is C61H51N23O4. The Morgan fingerprint density at radius 1 is 0.557 bits per heavy atom. The first-order valence-electron chi connectivity index (χ1n) is 27.7. The topological polar surface area (TPSA) is 329 Å². The van der Waals surface area contributed by atoms with Crippen LogP contribution in [0, 0.1) is 0 Å². The zero-order valence-electron chi connectivity index (χ0n) is 47.5. The predicted octanol–water partition coefficient (Wildman–Crippen LogP) is 10.7. The van der Waals surface area contributed by atoms with Crippen molar-refractivity contribution in [3.63, 3.8) is 0 Å². The number of hydrogen-bond donors (Lipinski definition) is 9. The Morgan fingerprint density at radius 2 is 1.20 bits per heavy atom. The van der Waals surface area contributed by atoms with Gasteiger partial charge in [-0.1, -0.05) is 30.3 Å². The van der Waals surface area contributed by atoms with Crippen LogP contribution in [0.3, 0.4) is 0 Å². The van der Waals surface area contributed by atoms with Crippen LogP contribution in [0.4, 0.5) is 40.3 Å². The summed E-state index contributed by atoms with van der Waals surface area (Å²) in [6.07, 6.45) is 14.9. The van der Waals surface area contributed by atoms with E-state index in [1.807, 2.05) is 105 Å². The van der Waals surface area contributed by atoms with Crippen LogP contribution < -0.4 is 41.0 Å². The van der Waals surface area contributed by atoms with E-state index in [2.05, 4.69) is 95.6 Å². The van der Waals surface area contributed by atoms with Crippen molar-refractivity contribution in [2.75, 3.05) is 42.2 Å². The van der Waals surface area contributed by atoms with Crippen LogP contribution in [0.2, 0.25) is 0 Å². The molecule has 27 heteroatoms. The van der Waals surface area contributed by atoms with Gasteiger partial charge in [0.2, 0.25) is 0 Å². The number of nitrogens with zero attached hydrogens (tertiary/aromatic N) is 14. The van der Waals surface area contributed by atoms with Crippen molar-refractivity contribution >= 4 is 62.4 Å². The van der Waals surface area contributed by atoms with Gasteiger partial charge in [0.1, 0.15) is 65.0 Å². The molecule has 0 bridgehead atoms. The molecule has 1 aliphatic heterocycles. The molecule has 0 spiro atoms. The summed E-state index contributed by atoms with van der Waals surface area (Å²) >= 11 is 0. The Balaban J connectivity index is 0.831. The first-order valence-corrected chi connectivity index (χ1v) is 27.7. The quantitative estimate of drug-likeness (QED) is 0.0385. The maximum atomic E-state index is 6.73. The first-order chi connectivity index (χ1) is 43.3. The van der Waals surface area contributed by atoms with E-state index in [1.54, 1.807) is 50.0 Å². The molecule has 1 aliphatic rings. The monoisotopic (exact) mass is 1170 g/mol. The fourth-order valence-corrected chi connectivity index (χ4v) is 11.3. The van der Waals surface area contributed by atoms with E-state index in [4.69, 9.17) is 48.9 Å². The summed E-state index contributed by atoms with van der Waals surface area (Å²) in [5, 5.41) is 52.7. The van der Waals surface area contributed by atoms with Crippen LogP contribution in [-0.4, -0.2) is 111 Å². The van der Waals surface area contributed by atoms with Gasteiger partial charge in [0.05, 0.1) is 84.2 Å². The van der Waals surface area contributed by atoms with E-state index in [0.29, 0.717) is 126 Å². The lowest BCUT2D eigenvalue weighted by Gasteiger charge is -2.20. The van der Waals surface area contributed by atoms with E-state index < -0.39 is 6.04 Å². The molecule has 88 heavy (non-hydrogen) atoms. The zero-order valence-corrected chi connectivity index (χ0v) is 47.5. The largest absolute Gasteiger partial charge is 0.495 e. The predicted molar refractivity (Wildman–Crippen MR) is 329 cm³/mol. The molecule has 434 valence electrons. The molecule has 10 aromatic heterocycles. The van der Waals surface area contributed by atoms with Crippen LogP contribution in [0.15, 0.2) is 152 Å². The molecule has 9 N–H and O–H groups in total. The lowest BCUT2D eigenvalue weighted by molar-refractivity contribution is 0.343. The molecule has 27 nitrogen and oxygen atoms in total. The van der Waals surface area contributed by atoms with Gasteiger partial charge in [-0.15, -0.1) is 0 Å². The molecule has 0 amide bonds. The molecule has 1 atom stereocenters. The van der Waals surface area contributed by atoms with Gasteiger partial charge in [-0.25, -0.2) is 35.3 Å². The molecule has 1 unspecified atom stereocenters. The van der Waals surface area contributed by atoms with E-state index in [0.717, 1.165) is 50.3 Å². The van der Waals surface area contributed by atoms with Crippen molar-refractivity contribution in [1.82, 2.24) is 95.7 Å². The third kappa shape index (κ3) is 9.04. The maximum Gasteiger partial charge on any atom is 0.161 e. The summed E-state index contributed by atoms with van der Waals surface area (Å²) in [6.45, 7) is 2.25. The minimum absolute atomic E-state index is 0.306. The number of furan rings is 1. The van der Waals surface area contributed by atoms with Gasteiger partial charge in [-0.3, -0.25) is 29.8 Å². The normalized spacial score (nSPS) is 12.8. The van der Waals surface area contributed by atoms with Gasteiger partial charge in [-0.2, -0.15) is 30.6 Å². The number of ether oxygens (including phenoxy) is 3. The third-order valence-corrected chi connectivity index (χ3v) is 15.4. The van der Waals surface area contributed by atoms with Gasteiger partial charge in [0.15, 0.2) is 28.6 Å². The Kier molecular flexibility index (Phi) is 13.0. The number of nitrogens with one attached hydrogen (secondary N) is 9. The molecule has 15 rings (SSSR count). The Bertz CT molecular complexity index is 4910. The second-order valence-electron chi connectivity index (χ2n) is 20.3. The number of anilines is 7. The van der Waals surface area contributed by atoms with Gasteiger partial charge in [0, 0.05) is 72.3 Å². The van der Waals surface area contributed by atoms with Crippen molar-refractivity contribution in [2.24, 2.45) is 14.1 Å². The molecule has 11 heterocycles. The van der Waals surface area contributed by atoms with Crippen molar-refractivity contribution in [3.8, 4) is 95.9 Å². The second-order valence-corrected chi connectivity index (χ2v) is 20.3. The van der Waals surface area contributed by atoms with Crippen molar-refractivity contribution in [1.29, 1.82) is 0 Å². The summed E-state index contributed by atoms with van der Waals surface area (Å²) in [6, 6.07) is 29.3. The van der Waals surface area contributed by atoms with E-state index in [1.165, 1.54) is 19.0 Å². The summed E-state index contributed by atoms with van der Waals surface area (Å²) in [5.74, 6) is 3.61. The van der Waals surface area contributed by atoms with Gasteiger partial charge in [-0.05, 0) is 84.3 Å². The Labute approximate surface area is 498 Å². The zero-order chi connectivity index (χ0) is 59.4. The van der Waals surface area contributed by atoms with Crippen LogP contribution in [0.5, 0.6) is 17.2 Å². The van der Waals surface area contributed by atoms with Gasteiger partial charge in [0.25, 0.3) is 0 Å². The number of aromatic nitrogens is 18. The van der Waals surface area contributed by atoms with Crippen molar-refractivity contribution in [2.45, 2.75) is 13.0 Å². The average Bonchev–Trinajstić information content (AvgIpc) is 1.81. The summed E-state index contributed by atoms with van der Waals surface area (Å²) in [7, 11) is 6.99. The maximum absolute atomic E-state index is 6.73. The van der Waals surface area contributed by atoms with E-state index in [-0.39, 0.29) is 0 Å². The highest BCUT2D eigenvalue weighted by atomic mass is 16.5. The number of hydrazine groups is 1. The van der Waals surface area contributed by atoms with Crippen LogP contribution in [0.25, 0.3) is 101 Å². The lowest BCUT2D eigenvalue weighted by atomic mass is 9.94. The molecular weight excluding hydrogens is 1120 g/mol. The van der Waals surface area contributed by atoms with E-state index >= 15 is 0 Å². The number of H-pyrrole nitrogens is 4. The highest BCUT2D eigenvalue weighted by Crippen LogP contribution is 2.49. The van der Waals surface area contributed by atoms with Crippen molar-refractivity contribution in [3.05, 3.63) is 158 Å². The molecule has 0 radical (unpaired) electrons. The average molecular weight is 1170 g/mol. The van der Waals surface area contributed by atoms with Crippen LogP contribution in [0.1, 0.15) is 24.1 Å². The van der Waals surface area contributed by atoms with Crippen LogP contribution >= 0.6 is 0 Å². The first kappa shape index (κ1) is 52.5. The molecule has 4 aromatic carbocycles. The fraction of sp³-hybridized carbons (Fsp3) is 0.115. The second kappa shape index (κ2) is 21.7. The highest BCUT2D eigenvalue weighted by molar-refractivity contribution is 6.05. The van der Waals surface area contributed by atoms with Gasteiger partial charge >= 0.3 is 0 Å². The lowest BCUT2D eigenvalue weighted by Crippen LogP contribution is -2.20. The minimum Gasteiger partial charge on any atom is -0.495 e. The number of methoxy groups -OCH3 is 2. The standard InChI is InChI=1S/C61H51N23O4/c1-6-88-55-37(50-39(26-69-76-50)52-46-56(62-28-65-59(46)80-78-52)72-40-22-32(12-13-45(40)85-4)43-14-17-70-83(43)2)20-34(31-10-8-7-9-11-31)23-42(55)74-57-47-51(77-81-60(47)66-29-63-57)38-25-68-75-49(38)36-21-35(33-16-19-87-27-33)24-41(54(36)86-5)73-58-48-53(44-15-18-71-84(44)3)79-82-61(48)67-30-64-58/h7-30,52,78H,6H2,1-5H3,(H,68,75)(H,69,76)(H2,62,65,72,80)(H2,63,66,74,77,81)(H2,64,67,73,79,82). The van der Waals surface area contributed by atoms with E-state index in [9.17, 15) is 0 Å². The molecule has 0 saturated heterocycles. The number of aromatic amines is 4. The molecule has 0 aliphatic carbocycles. The number of benzene rings is 4. The minimum atomic E-state index is -0.528. The highest BCUT2D eigenvalue weighted by Gasteiger charge is 2.34. The number of aryl methyl sites for hydroxylation is 2. The Hall–Kier alpha value is -12.3. The summed E-state index contributed by atoms with van der Waals surface area (Å²) in [4.78, 5) is 28.2. The third-order valence-electron chi connectivity index (χ3n) is 15.4. The SMILES string of the molecule is CCOc1c(Nc2ncnc3[nH]nc(-c4c[nH]nc4-c4cc(-c5ccoc5)cc(Nc5ncnc6[nH]nc(-c7ccnn7C)c56)c4OC)c23)cc(-c2ccccc2)cc1-c1n[nH]cc1C1NNc2ncnc(Nc3cc(-c4ccnn4C)ccc3OC)c21. The summed E-state index contributed by atoms with van der Waals surface area (Å²) < 4.78 is 28.1. The molecule has 0 saturated carbocycles. The summed E-state index contributed by atoms with van der Waals surface area (Å²) in [5.41, 5.74) is 21.3. The smallest absolute Gasteiger partial charge is 0.161 e. The molecule has 14 aromatic rings. The van der Waals surface area contributed by atoms with Gasteiger partial charge < -0.3 is 40.0 Å². The number of hydrogen-bond acceptors (Lipinski definition) is 21. The Morgan fingerprint density at radius 3 is 1.91 bits per heavy atom.